The van der Waals surface area contributed by atoms with Gasteiger partial charge in [0.05, 0.1) is 7.11 Å². The standard InChI is InChI=1S/C17H13F4NO3/c1-25-17(24)14(6-9-3-2-4-10(18)5-9)22-16(23)15-12(20)7-11(19)8-13(15)21/h2-5,7-8,14H,6H2,1H3,(H,22,23)/t14-/m1/s1. The largest absolute Gasteiger partial charge is 0.467 e. The Balaban J connectivity index is 2.25. The third-order valence-electron chi connectivity index (χ3n) is 3.35. The molecule has 8 heteroatoms. The Morgan fingerprint density at radius 1 is 1.04 bits per heavy atom. The Morgan fingerprint density at radius 3 is 2.24 bits per heavy atom. The highest BCUT2D eigenvalue weighted by Crippen LogP contribution is 2.15. The van der Waals surface area contributed by atoms with Gasteiger partial charge in [0, 0.05) is 18.6 Å². The molecule has 0 heterocycles. The first-order valence-electron chi connectivity index (χ1n) is 7.09. The molecule has 2 aromatic carbocycles. The van der Waals surface area contributed by atoms with Crippen LogP contribution >= 0.6 is 0 Å². The van der Waals surface area contributed by atoms with Gasteiger partial charge in [-0.2, -0.15) is 0 Å². The lowest BCUT2D eigenvalue weighted by atomic mass is 10.0. The molecule has 0 aliphatic rings. The summed E-state index contributed by atoms with van der Waals surface area (Å²) in [7, 11) is 1.06. The second-order valence-electron chi connectivity index (χ2n) is 5.13. The van der Waals surface area contributed by atoms with Crippen LogP contribution in [0, 0.1) is 23.3 Å². The van der Waals surface area contributed by atoms with Crippen molar-refractivity contribution in [3.8, 4) is 0 Å². The van der Waals surface area contributed by atoms with E-state index >= 15 is 0 Å². The van der Waals surface area contributed by atoms with Crippen molar-refractivity contribution in [1.82, 2.24) is 5.32 Å². The number of halogens is 4. The zero-order valence-electron chi connectivity index (χ0n) is 13.0. The van der Waals surface area contributed by atoms with Crippen molar-refractivity contribution in [1.29, 1.82) is 0 Å². The van der Waals surface area contributed by atoms with Crippen LogP contribution in [-0.2, 0) is 16.0 Å². The number of ether oxygens (including phenoxy) is 1. The number of rotatable bonds is 5. The van der Waals surface area contributed by atoms with Crippen LogP contribution in [-0.4, -0.2) is 25.0 Å². The minimum atomic E-state index is -1.41. The van der Waals surface area contributed by atoms with Crippen molar-refractivity contribution in [2.24, 2.45) is 0 Å². The molecule has 0 spiro atoms. The number of benzene rings is 2. The monoisotopic (exact) mass is 355 g/mol. The predicted octanol–water partition coefficient (Wildman–Crippen LogP) is 2.76. The maximum absolute atomic E-state index is 13.7. The molecule has 1 amide bonds. The van der Waals surface area contributed by atoms with Gasteiger partial charge >= 0.3 is 5.97 Å². The number of carbonyl (C=O) groups excluding carboxylic acids is 2. The van der Waals surface area contributed by atoms with Crippen LogP contribution in [0.15, 0.2) is 36.4 Å². The van der Waals surface area contributed by atoms with E-state index in [0.717, 1.165) is 13.2 Å². The normalized spacial score (nSPS) is 11.7. The molecule has 0 aliphatic carbocycles. The Kier molecular flexibility index (Phi) is 5.74. The molecular formula is C17H13F4NO3. The lowest BCUT2D eigenvalue weighted by Crippen LogP contribution is -2.43. The van der Waals surface area contributed by atoms with Crippen molar-refractivity contribution >= 4 is 11.9 Å². The maximum Gasteiger partial charge on any atom is 0.328 e. The minimum absolute atomic E-state index is 0.166. The average molecular weight is 355 g/mol. The van der Waals surface area contributed by atoms with E-state index in [1.54, 1.807) is 0 Å². The number of carbonyl (C=O) groups is 2. The molecule has 0 radical (unpaired) electrons. The fourth-order valence-corrected chi connectivity index (χ4v) is 2.22. The second-order valence-corrected chi connectivity index (χ2v) is 5.13. The van der Waals surface area contributed by atoms with E-state index in [0.29, 0.717) is 17.7 Å². The summed E-state index contributed by atoms with van der Waals surface area (Å²) in [6.07, 6.45) is -0.166. The molecule has 4 nitrogen and oxygen atoms in total. The van der Waals surface area contributed by atoms with E-state index in [2.05, 4.69) is 10.1 Å². The van der Waals surface area contributed by atoms with Crippen LogP contribution in [0.5, 0.6) is 0 Å². The quantitative estimate of drug-likeness (QED) is 0.663. The summed E-state index contributed by atoms with van der Waals surface area (Å²) in [5, 5.41) is 2.11. The minimum Gasteiger partial charge on any atom is -0.467 e. The number of hydrogen-bond donors (Lipinski definition) is 1. The van der Waals surface area contributed by atoms with Crippen LogP contribution in [0.3, 0.4) is 0 Å². The van der Waals surface area contributed by atoms with Crippen LogP contribution in [0.2, 0.25) is 0 Å². The molecule has 0 unspecified atom stereocenters. The lowest BCUT2D eigenvalue weighted by Gasteiger charge is -2.17. The highest BCUT2D eigenvalue weighted by Gasteiger charge is 2.26. The van der Waals surface area contributed by atoms with Gasteiger partial charge in [-0.05, 0) is 17.7 Å². The highest BCUT2D eigenvalue weighted by molar-refractivity contribution is 5.97. The fourth-order valence-electron chi connectivity index (χ4n) is 2.22. The fraction of sp³-hybridized carbons (Fsp3) is 0.176. The van der Waals surface area contributed by atoms with E-state index in [9.17, 15) is 27.2 Å². The second kappa shape index (κ2) is 7.78. The SMILES string of the molecule is COC(=O)[C@@H](Cc1cccc(F)c1)NC(=O)c1c(F)cc(F)cc1F. The van der Waals surface area contributed by atoms with E-state index in [1.807, 2.05) is 0 Å². The molecule has 0 aliphatic heterocycles. The summed E-state index contributed by atoms with van der Waals surface area (Å²) < 4.78 is 58.0. The number of hydrogen-bond acceptors (Lipinski definition) is 3. The first-order chi connectivity index (χ1) is 11.8. The number of esters is 1. The van der Waals surface area contributed by atoms with E-state index < -0.39 is 46.8 Å². The Labute approximate surface area is 140 Å². The molecule has 2 aromatic rings. The molecule has 1 atom stereocenters. The van der Waals surface area contributed by atoms with Crippen molar-refractivity contribution in [2.45, 2.75) is 12.5 Å². The molecule has 0 aromatic heterocycles. The van der Waals surface area contributed by atoms with Crippen LogP contribution in [0.4, 0.5) is 17.6 Å². The number of nitrogens with one attached hydrogen (secondary N) is 1. The molecule has 132 valence electrons. The Morgan fingerprint density at radius 2 is 1.68 bits per heavy atom. The molecule has 2 rings (SSSR count). The number of methoxy groups -OCH3 is 1. The van der Waals surface area contributed by atoms with Gasteiger partial charge in [0.25, 0.3) is 5.91 Å². The average Bonchev–Trinajstić information content (AvgIpc) is 2.52. The maximum atomic E-state index is 13.7. The molecule has 0 fully saturated rings. The van der Waals surface area contributed by atoms with Gasteiger partial charge < -0.3 is 10.1 Å². The van der Waals surface area contributed by atoms with Crippen LogP contribution in [0.1, 0.15) is 15.9 Å². The van der Waals surface area contributed by atoms with Gasteiger partial charge in [0.1, 0.15) is 34.9 Å². The summed E-state index contributed by atoms with van der Waals surface area (Å²) in [5.41, 5.74) is -0.676. The molecular weight excluding hydrogens is 342 g/mol. The smallest absolute Gasteiger partial charge is 0.328 e. The van der Waals surface area contributed by atoms with E-state index in [1.165, 1.54) is 18.2 Å². The van der Waals surface area contributed by atoms with Crippen molar-refractivity contribution in [3.63, 3.8) is 0 Å². The topological polar surface area (TPSA) is 55.4 Å². The van der Waals surface area contributed by atoms with Crippen molar-refractivity contribution < 1.29 is 31.9 Å². The molecule has 0 saturated carbocycles. The Bertz CT molecular complexity index is 787. The summed E-state index contributed by atoms with van der Waals surface area (Å²) in [6.45, 7) is 0. The zero-order chi connectivity index (χ0) is 18.6. The number of amides is 1. The van der Waals surface area contributed by atoms with E-state index in [4.69, 9.17) is 0 Å². The first kappa shape index (κ1) is 18.4. The molecule has 0 saturated heterocycles. The predicted molar refractivity (Wildman–Crippen MR) is 79.7 cm³/mol. The van der Waals surface area contributed by atoms with Crippen molar-refractivity contribution in [3.05, 3.63) is 70.8 Å². The first-order valence-corrected chi connectivity index (χ1v) is 7.09. The van der Waals surface area contributed by atoms with Gasteiger partial charge in [0.15, 0.2) is 0 Å². The Hall–Kier alpha value is -2.90. The zero-order valence-corrected chi connectivity index (χ0v) is 13.0. The van der Waals surface area contributed by atoms with Gasteiger partial charge in [-0.25, -0.2) is 22.4 Å². The third-order valence-corrected chi connectivity index (χ3v) is 3.35. The van der Waals surface area contributed by atoms with Gasteiger partial charge in [-0.15, -0.1) is 0 Å². The van der Waals surface area contributed by atoms with Gasteiger partial charge in [0.2, 0.25) is 0 Å². The van der Waals surface area contributed by atoms with Crippen LogP contribution < -0.4 is 5.32 Å². The van der Waals surface area contributed by atoms with Gasteiger partial charge in [-0.3, -0.25) is 4.79 Å². The van der Waals surface area contributed by atoms with Crippen molar-refractivity contribution in [2.75, 3.05) is 7.11 Å². The molecule has 25 heavy (non-hydrogen) atoms. The molecule has 1 N–H and O–H groups in total. The van der Waals surface area contributed by atoms with E-state index in [-0.39, 0.29) is 6.42 Å². The third kappa shape index (κ3) is 4.56. The van der Waals surface area contributed by atoms with Crippen LogP contribution in [0.25, 0.3) is 0 Å². The summed E-state index contributed by atoms with van der Waals surface area (Å²) in [6, 6.07) is 4.61. The summed E-state index contributed by atoms with van der Waals surface area (Å²) in [4.78, 5) is 23.9. The highest BCUT2D eigenvalue weighted by atomic mass is 19.1. The van der Waals surface area contributed by atoms with Gasteiger partial charge in [-0.1, -0.05) is 12.1 Å². The molecule has 0 bridgehead atoms. The summed E-state index contributed by atoms with van der Waals surface area (Å²) >= 11 is 0. The summed E-state index contributed by atoms with van der Waals surface area (Å²) in [5.74, 6) is -6.71. The lowest BCUT2D eigenvalue weighted by molar-refractivity contribution is -0.142.